The summed E-state index contributed by atoms with van der Waals surface area (Å²) < 4.78 is -0.497. The van der Waals surface area contributed by atoms with Crippen molar-refractivity contribution < 1.29 is 34.2 Å². The van der Waals surface area contributed by atoms with Crippen molar-refractivity contribution in [1.82, 2.24) is 0 Å². The van der Waals surface area contributed by atoms with Crippen molar-refractivity contribution in [1.29, 1.82) is 0 Å². The number of hydrogen-bond donors (Lipinski definition) is 3. The molecule has 0 amide bonds. The van der Waals surface area contributed by atoms with E-state index in [4.69, 9.17) is 0 Å². The molecule has 0 aliphatic heterocycles. The van der Waals surface area contributed by atoms with Crippen molar-refractivity contribution in [3.63, 3.8) is 0 Å². The normalized spacial score (nSPS) is 15.6. The van der Waals surface area contributed by atoms with Crippen LogP contribution in [-0.2, 0) is 14.4 Å². The van der Waals surface area contributed by atoms with Crippen LogP contribution < -0.4 is 0 Å². The first-order chi connectivity index (χ1) is 18.6. The third-order valence-corrected chi connectivity index (χ3v) is 8.54. The van der Waals surface area contributed by atoms with E-state index in [2.05, 4.69) is 19.1 Å². The number of quaternary nitrogens is 1. The fourth-order valence-corrected chi connectivity index (χ4v) is 5.72. The molecule has 3 unspecified atom stereocenters. The lowest BCUT2D eigenvalue weighted by atomic mass is 10.0. The molecular weight excluding hydrogens is 494 g/mol. The largest absolute Gasteiger partial charge is 0.477 e. The van der Waals surface area contributed by atoms with Crippen molar-refractivity contribution in [2.75, 3.05) is 6.54 Å². The number of carboxylic acid groups (broad SMARTS) is 3. The predicted molar refractivity (Wildman–Crippen MR) is 159 cm³/mol. The van der Waals surface area contributed by atoms with Gasteiger partial charge in [-0.15, -0.1) is 0 Å². The van der Waals surface area contributed by atoms with Crippen LogP contribution in [0.2, 0.25) is 0 Å². The van der Waals surface area contributed by atoms with E-state index in [0.717, 1.165) is 19.3 Å². The SMILES string of the molecule is CCCCCCCCCCCCCCCCC/C=C/CCCC[N+](C(C)C(=O)O)(C(C)C(=O)O)C(C)C(=O)O. The molecule has 0 bridgehead atoms. The van der Waals surface area contributed by atoms with Gasteiger partial charge in [0.1, 0.15) is 0 Å². The van der Waals surface area contributed by atoms with Crippen LogP contribution in [0.15, 0.2) is 12.2 Å². The van der Waals surface area contributed by atoms with Gasteiger partial charge in [-0.05, 0) is 52.9 Å². The van der Waals surface area contributed by atoms with E-state index in [1.54, 1.807) is 0 Å². The Labute approximate surface area is 238 Å². The monoisotopic (exact) mass is 554 g/mol. The highest BCUT2D eigenvalue weighted by molar-refractivity contribution is 5.77. The summed E-state index contributed by atoms with van der Waals surface area (Å²) in [5.41, 5.74) is 0. The summed E-state index contributed by atoms with van der Waals surface area (Å²) in [4.78, 5) is 35.4. The fourth-order valence-electron chi connectivity index (χ4n) is 5.72. The van der Waals surface area contributed by atoms with E-state index >= 15 is 0 Å². The number of unbranched alkanes of at least 4 members (excludes halogenated alkanes) is 17. The first-order valence-electron chi connectivity index (χ1n) is 15.8. The van der Waals surface area contributed by atoms with E-state index < -0.39 is 40.5 Å². The Hall–Kier alpha value is -1.89. The minimum absolute atomic E-state index is 0.196. The summed E-state index contributed by atoms with van der Waals surface area (Å²) in [6.07, 6.45) is 27.9. The van der Waals surface area contributed by atoms with Gasteiger partial charge in [-0.1, -0.05) is 109 Å². The maximum atomic E-state index is 11.8. The fraction of sp³-hybridized carbons (Fsp3) is 0.844. The standard InChI is InChI=1S/C32H59NO6/c1-5-6-7-8-9-10-11-12-13-14-15-16-17-18-19-20-21-22-23-24-25-26-33(27(2)30(34)35,28(3)31(36)37)29(4)32(38)39/h21-22,27-29H,5-20,23-26H2,1-4H3,(H2-,34,35,36,37,38,39)/p+1/b22-21+. The van der Waals surface area contributed by atoms with Crippen molar-refractivity contribution in [2.45, 2.75) is 168 Å². The van der Waals surface area contributed by atoms with Gasteiger partial charge < -0.3 is 15.3 Å². The summed E-state index contributed by atoms with van der Waals surface area (Å²) in [6, 6.07) is -3.41. The molecule has 0 spiro atoms. The van der Waals surface area contributed by atoms with Crippen LogP contribution in [0.4, 0.5) is 0 Å². The molecular formula is C32H60NO6+. The summed E-state index contributed by atoms with van der Waals surface area (Å²) in [7, 11) is 0. The Morgan fingerprint density at radius 3 is 1.10 bits per heavy atom. The van der Waals surface area contributed by atoms with Gasteiger partial charge in [0.05, 0.1) is 6.54 Å². The zero-order valence-electron chi connectivity index (χ0n) is 25.5. The van der Waals surface area contributed by atoms with Crippen LogP contribution in [0.1, 0.15) is 150 Å². The molecule has 0 aromatic carbocycles. The highest BCUT2D eigenvalue weighted by Crippen LogP contribution is 2.27. The van der Waals surface area contributed by atoms with Crippen LogP contribution in [0, 0.1) is 0 Å². The highest BCUT2D eigenvalue weighted by atomic mass is 16.4. The van der Waals surface area contributed by atoms with Crippen LogP contribution in [-0.4, -0.2) is 62.4 Å². The molecule has 0 radical (unpaired) electrons. The van der Waals surface area contributed by atoms with E-state index in [0.29, 0.717) is 6.42 Å². The van der Waals surface area contributed by atoms with Gasteiger partial charge >= 0.3 is 17.9 Å². The Balaban J connectivity index is 4.08. The molecule has 7 nitrogen and oxygen atoms in total. The van der Waals surface area contributed by atoms with Crippen molar-refractivity contribution in [3.8, 4) is 0 Å². The summed E-state index contributed by atoms with van der Waals surface area (Å²) in [5, 5.41) is 28.9. The maximum absolute atomic E-state index is 11.8. The molecule has 0 aromatic rings. The minimum Gasteiger partial charge on any atom is -0.477 e. The Bertz CT molecular complexity index is 642. The van der Waals surface area contributed by atoms with Crippen molar-refractivity contribution >= 4 is 17.9 Å². The van der Waals surface area contributed by atoms with Gasteiger partial charge in [0, 0.05) is 0 Å². The second-order valence-corrected chi connectivity index (χ2v) is 11.5. The smallest absolute Gasteiger partial charge is 0.362 e. The van der Waals surface area contributed by atoms with Crippen LogP contribution >= 0.6 is 0 Å². The molecule has 3 atom stereocenters. The van der Waals surface area contributed by atoms with Gasteiger partial charge in [-0.3, -0.25) is 4.48 Å². The third-order valence-electron chi connectivity index (χ3n) is 8.54. The lowest BCUT2D eigenvalue weighted by Crippen LogP contribution is -2.70. The number of rotatable bonds is 27. The number of carboxylic acids is 3. The molecule has 0 aliphatic rings. The molecule has 0 aromatic heterocycles. The second-order valence-electron chi connectivity index (χ2n) is 11.5. The number of carbonyl (C=O) groups is 3. The molecule has 228 valence electrons. The van der Waals surface area contributed by atoms with E-state index in [1.807, 2.05) is 0 Å². The summed E-state index contributed by atoms with van der Waals surface area (Å²) in [5.74, 6) is -3.54. The first kappa shape index (κ1) is 37.1. The van der Waals surface area contributed by atoms with Gasteiger partial charge in [0.2, 0.25) is 0 Å². The Morgan fingerprint density at radius 2 is 0.795 bits per heavy atom. The third kappa shape index (κ3) is 15.5. The van der Waals surface area contributed by atoms with Crippen LogP contribution in [0.5, 0.6) is 0 Å². The number of aliphatic carboxylic acids is 3. The van der Waals surface area contributed by atoms with Gasteiger partial charge in [0.15, 0.2) is 18.1 Å². The quantitative estimate of drug-likeness (QED) is 0.0536. The number of allylic oxidation sites excluding steroid dienone is 2. The zero-order chi connectivity index (χ0) is 29.5. The Kier molecular flexibility index (Phi) is 21.8. The lowest BCUT2D eigenvalue weighted by Gasteiger charge is -2.47. The van der Waals surface area contributed by atoms with Crippen LogP contribution in [0.3, 0.4) is 0 Å². The van der Waals surface area contributed by atoms with Gasteiger partial charge in [-0.2, -0.15) is 0 Å². The van der Waals surface area contributed by atoms with Crippen molar-refractivity contribution in [3.05, 3.63) is 12.2 Å². The molecule has 0 rings (SSSR count). The number of hydrogen-bond acceptors (Lipinski definition) is 3. The van der Waals surface area contributed by atoms with Gasteiger partial charge in [-0.25, -0.2) is 14.4 Å². The summed E-state index contributed by atoms with van der Waals surface area (Å²) >= 11 is 0. The number of nitrogens with zero attached hydrogens (tertiary/aromatic N) is 1. The Morgan fingerprint density at radius 1 is 0.513 bits per heavy atom. The van der Waals surface area contributed by atoms with E-state index in [-0.39, 0.29) is 6.54 Å². The molecule has 0 fully saturated rings. The van der Waals surface area contributed by atoms with Crippen LogP contribution in [0.25, 0.3) is 0 Å². The molecule has 7 heteroatoms. The minimum atomic E-state index is -1.18. The molecule has 39 heavy (non-hydrogen) atoms. The molecule has 3 N–H and O–H groups in total. The van der Waals surface area contributed by atoms with E-state index in [9.17, 15) is 29.7 Å². The van der Waals surface area contributed by atoms with Crippen molar-refractivity contribution in [2.24, 2.45) is 0 Å². The van der Waals surface area contributed by atoms with E-state index in [1.165, 1.54) is 117 Å². The van der Waals surface area contributed by atoms with Gasteiger partial charge in [0.25, 0.3) is 0 Å². The average molecular weight is 555 g/mol. The maximum Gasteiger partial charge on any atom is 0.362 e. The topological polar surface area (TPSA) is 112 Å². The molecule has 0 heterocycles. The lowest BCUT2D eigenvalue weighted by molar-refractivity contribution is -0.968. The average Bonchev–Trinajstić information content (AvgIpc) is 2.90. The molecule has 0 aliphatic carbocycles. The first-order valence-corrected chi connectivity index (χ1v) is 15.8. The molecule has 0 saturated carbocycles. The predicted octanol–water partition coefficient (Wildman–Crippen LogP) is 8.21. The zero-order valence-corrected chi connectivity index (χ0v) is 25.5. The second kappa shape index (κ2) is 22.9. The molecule has 0 saturated heterocycles. The highest BCUT2D eigenvalue weighted by Gasteiger charge is 2.52. The summed E-state index contributed by atoms with van der Waals surface area (Å²) in [6.45, 7) is 6.71.